The van der Waals surface area contributed by atoms with Crippen molar-refractivity contribution >= 4 is 5.69 Å². The molecular formula is C13H18F4N2. The molecule has 2 nitrogen and oxygen atoms in total. The minimum Gasteiger partial charge on any atom is -0.365 e. The van der Waals surface area contributed by atoms with Gasteiger partial charge in [-0.1, -0.05) is 13.0 Å². The first-order valence-corrected chi connectivity index (χ1v) is 6.06. The van der Waals surface area contributed by atoms with Crippen molar-refractivity contribution in [2.75, 3.05) is 25.0 Å². The number of hydrogen-bond acceptors (Lipinski definition) is 2. The van der Waals surface area contributed by atoms with Gasteiger partial charge in [-0.05, 0) is 25.6 Å². The van der Waals surface area contributed by atoms with Crippen LogP contribution in [0.4, 0.5) is 23.2 Å². The Kier molecular flexibility index (Phi) is 5.17. The highest BCUT2D eigenvalue weighted by Gasteiger charge is 2.30. The predicted octanol–water partition coefficient (Wildman–Crippen LogP) is 3.49. The number of hydrogen-bond donors (Lipinski definition) is 1. The van der Waals surface area contributed by atoms with Gasteiger partial charge in [0.1, 0.15) is 12.4 Å². The summed E-state index contributed by atoms with van der Waals surface area (Å²) in [6.07, 6.45) is -4.32. The largest absolute Gasteiger partial charge is 0.405 e. The van der Waals surface area contributed by atoms with Gasteiger partial charge in [-0.3, -0.25) is 0 Å². The second-order valence-electron chi connectivity index (χ2n) is 4.42. The summed E-state index contributed by atoms with van der Waals surface area (Å²) in [5, 5.41) is 3.01. The van der Waals surface area contributed by atoms with Gasteiger partial charge < -0.3 is 10.2 Å². The molecule has 0 aliphatic heterocycles. The van der Waals surface area contributed by atoms with Crippen molar-refractivity contribution < 1.29 is 17.6 Å². The van der Waals surface area contributed by atoms with Gasteiger partial charge in [0.05, 0.1) is 0 Å². The smallest absolute Gasteiger partial charge is 0.365 e. The van der Waals surface area contributed by atoms with E-state index in [9.17, 15) is 17.6 Å². The minimum absolute atomic E-state index is 0.255. The number of anilines is 1. The Morgan fingerprint density at radius 1 is 1.32 bits per heavy atom. The average molecular weight is 278 g/mol. The molecule has 0 aliphatic carbocycles. The Hall–Kier alpha value is -1.30. The number of halogens is 4. The molecule has 0 bridgehead atoms. The molecule has 1 aromatic carbocycles. The molecular weight excluding hydrogens is 260 g/mol. The van der Waals surface area contributed by atoms with E-state index < -0.39 is 18.5 Å². The second kappa shape index (κ2) is 6.23. The molecule has 0 heterocycles. The van der Waals surface area contributed by atoms with Crippen LogP contribution in [-0.4, -0.2) is 26.3 Å². The molecule has 19 heavy (non-hydrogen) atoms. The monoisotopic (exact) mass is 278 g/mol. The van der Waals surface area contributed by atoms with Crippen LogP contribution in [0, 0.1) is 5.82 Å². The number of benzene rings is 1. The maximum absolute atomic E-state index is 13.9. The first-order valence-electron chi connectivity index (χ1n) is 6.06. The molecule has 0 amide bonds. The van der Waals surface area contributed by atoms with E-state index in [4.69, 9.17) is 0 Å². The molecule has 0 fully saturated rings. The Labute approximate surface area is 110 Å². The number of nitrogens with one attached hydrogen (secondary N) is 1. The summed E-state index contributed by atoms with van der Waals surface area (Å²) in [6, 6.07) is 3.82. The zero-order chi connectivity index (χ0) is 14.6. The summed E-state index contributed by atoms with van der Waals surface area (Å²) in [5.74, 6) is -0.500. The normalized spacial score (nSPS) is 13.4. The fourth-order valence-corrected chi connectivity index (χ4v) is 2.05. The van der Waals surface area contributed by atoms with Crippen LogP contribution < -0.4 is 10.2 Å². The Morgan fingerprint density at radius 2 is 1.95 bits per heavy atom. The third-order valence-corrected chi connectivity index (χ3v) is 2.80. The molecule has 108 valence electrons. The fraction of sp³-hybridized carbons (Fsp3) is 0.538. The highest BCUT2D eigenvalue weighted by Crippen LogP contribution is 2.30. The quantitative estimate of drug-likeness (QED) is 0.829. The molecule has 1 unspecified atom stereocenters. The Balaban J connectivity index is 3.09. The number of nitrogens with zero attached hydrogens (tertiary/aromatic N) is 1. The molecule has 0 saturated heterocycles. The van der Waals surface area contributed by atoms with Crippen molar-refractivity contribution in [3.05, 3.63) is 29.6 Å². The van der Waals surface area contributed by atoms with E-state index in [-0.39, 0.29) is 17.3 Å². The van der Waals surface area contributed by atoms with E-state index in [1.54, 1.807) is 6.92 Å². The number of alkyl halides is 3. The first-order chi connectivity index (χ1) is 8.76. The lowest BCUT2D eigenvalue weighted by Crippen LogP contribution is -2.32. The van der Waals surface area contributed by atoms with E-state index in [2.05, 4.69) is 5.32 Å². The summed E-state index contributed by atoms with van der Waals surface area (Å²) < 4.78 is 51.1. The van der Waals surface area contributed by atoms with E-state index in [1.165, 1.54) is 25.2 Å². The van der Waals surface area contributed by atoms with Crippen LogP contribution in [0.25, 0.3) is 0 Å². The van der Waals surface area contributed by atoms with E-state index >= 15 is 0 Å². The topological polar surface area (TPSA) is 15.3 Å². The van der Waals surface area contributed by atoms with Gasteiger partial charge >= 0.3 is 6.18 Å². The third kappa shape index (κ3) is 4.38. The Bertz CT molecular complexity index is 418. The van der Waals surface area contributed by atoms with Crippen molar-refractivity contribution in [1.82, 2.24) is 5.32 Å². The van der Waals surface area contributed by atoms with Crippen LogP contribution in [-0.2, 0) is 0 Å². The van der Waals surface area contributed by atoms with E-state index in [0.717, 1.165) is 4.90 Å². The maximum atomic E-state index is 13.9. The van der Waals surface area contributed by atoms with Gasteiger partial charge in [0, 0.05) is 24.3 Å². The van der Waals surface area contributed by atoms with Crippen LogP contribution in [0.3, 0.4) is 0 Å². The van der Waals surface area contributed by atoms with Gasteiger partial charge in [-0.15, -0.1) is 0 Å². The highest BCUT2D eigenvalue weighted by atomic mass is 19.4. The van der Waals surface area contributed by atoms with Crippen LogP contribution >= 0.6 is 0 Å². The maximum Gasteiger partial charge on any atom is 0.405 e. The van der Waals surface area contributed by atoms with Crippen LogP contribution in [0.15, 0.2) is 18.2 Å². The van der Waals surface area contributed by atoms with E-state index in [0.29, 0.717) is 6.54 Å². The molecule has 0 saturated carbocycles. The molecule has 6 heteroatoms. The van der Waals surface area contributed by atoms with Crippen molar-refractivity contribution in [3.8, 4) is 0 Å². The fourth-order valence-electron chi connectivity index (χ4n) is 2.05. The highest BCUT2D eigenvalue weighted by molar-refractivity contribution is 5.55. The molecule has 1 atom stereocenters. The SMILES string of the molecule is CCNC(C)c1c(F)cccc1N(C)CC(F)(F)F. The van der Waals surface area contributed by atoms with Crippen LogP contribution in [0.2, 0.25) is 0 Å². The average Bonchev–Trinajstić information content (AvgIpc) is 2.26. The minimum atomic E-state index is -4.32. The van der Waals surface area contributed by atoms with Crippen molar-refractivity contribution in [2.24, 2.45) is 0 Å². The summed E-state index contributed by atoms with van der Waals surface area (Å²) in [4.78, 5) is 1.02. The van der Waals surface area contributed by atoms with Gasteiger partial charge in [-0.25, -0.2) is 4.39 Å². The lowest BCUT2D eigenvalue weighted by atomic mass is 10.0. The van der Waals surface area contributed by atoms with Crippen molar-refractivity contribution in [3.63, 3.8) is 0 Å². The van der Waals surface area contributed by atoms with Gasteiger partial charge in [0.15, 0.2) is 0 Å². The third-order valence-electron chi connectivity index (χ3n) is 2.80. The van der Waals surface area contributed by atoms with Crippen molar-refractivity contribution in [1.29, 1.82) is 0 Å². The predicted molar refractivity (Wildman–Crippen MR) is 67.8 cm³/mol. The summed E-state index contributed by atoms with van der Waals surface area (Å²) in [6.45, 7) is 3.09. The summed E-state index contributed by atoms with van der Waals surface area (Å²) in [7, 11) is 1.31. The van der Waals surface area contributed by atoms with Gasteiger partial charge in [0.25, 0.3) is 0 Å². The lowest BCUT2D eigenvalue weighted by molar-refractivity contribution is -0.119. The van der Waals surface area contributed by atoms with Gasteiger partial charge in [0.2, 0.25) is 0 Å². The molecule has 0 radical (unpaired) electrons. The molecule has 1 N–H and O–H groups in total. The van der Waals surface area contributed by atoms with Crippen molar-refractivity contribution in [2.45, 2.75) is 26.1 Å². The second-order valence-corrected chi connectivity index (χ2v) is 4.42. The molecule has 0 aliphatic rings. The van der Waals surface area contributed by atoms with Gasteiger partial charge in [-0.2, -0.15) is 13.2 Å². The zero-order valence-corrected chi connectivity index (χ0v) is 11.2. The lowest BCUT2D eigenvalue weighted by Gasteiger charge is -2.26. The first kappa shape index (κ1) is 15.8. The van der Waals surface area contributed by atoms with Crippen LogP contribution in [0.1, 0.15) is 25.5 Å². The summed E-state index contributed by atoms with van der Waals surface area (Å²) in [5.41, 5.74) is 0.516. The molecule has 0 spiro atoms. The van der Waals surface area contributed by atoms with Crippen LogP contribution in [0.5, 0.6) is 0 Å². The molecule has 0 aromatic heterocycles. The summed E-state index contributed by atoms with van der Waals surface area (Å²) >= 11 is 0. The van der Waals surface area contributed by atoms with E-state index in [1.807, 2.05) is 6.92 Å². The number of rotatable bonds is 5. The zero-order valence-electron chi connectivity index (χ0n) is 11.2. The Morgan fingerprint density at radius 3 is 2.47 bits per heavy atom. The molecule has 1 rings (SSSR count). The standard InChI is InChI=1S/C13H18F4N2/c1-4-18-9(2)12-10(14)6-5-7-11(12)19(3)8-13(15,16)17/h5-7,9,18H,4,8H2,1-3H3. The molecule has 1 aromatic rings.